The number of hydrogen-bond donors (Lipinski definition) is 2. The third kappa shape index (κ3) is 4.58. The Hall–Kier alpha value is -1.52. The molecule has 0 spiro atoms. The van der Waals surface area contributed by atoms with E-state index in [1.807, 2.05) is 0 Å². The molecule has 2 rings (SSSR count). The van der Waals surface area contributed by atoms with E-state index in [-0.39, 0.29) is 17.5 Å². The summed E-state index contributed by atoms with van der Waals surface area (Å²) in [5.74, 6) is -0.244. The molecular weight excluding hydrogens is 308 g/mol. The van der Waals surface area contributed by atoms with Crippen molar-refractivity contribution < 1.29 is 13.2 Å². The van der Waals surface area contributed by atoms with Crippen LogP contribution in [0.15, 0.2) is 17.0 Å². The molecular formula is C9H10N4O3S3. The van der Waals surface area contributed by atoms with Crippen LogP contribution in [0, 0.1) is 0 Å². The molecule has 0 saturated heterocycles. The van der Waals surface area contributed by atoms with E-state index in [1.165, 1.54) is 11.3 Å². The Bertz CT molecular complexity index is 663. The molecule has 1 amide bonds. The first kappa shape index (κ1) is 13.9. The maximum absolute atomic E-state index is 11.7. The van der Waals surface area contributed by atoms with Gasteiger partial charge >= 0.3 is 0 Å². The highest BCUT2D eigenvalue weighted by Gasteiger charge is 2.11. The number of aromatic nitrogens is 2. The van der Waals surface area contributed by atoms with E-state index in [9.17, 15) is 13.2 Å². The summed E-state index contributed by atoms with van der Waals surface area (Å²) < 4.78 is 24.3. The van der Waals surface area contributed by atoms with Gasteiger partial charge in [0.15, 0.2) is 10.3 Å². The summed E-state index contributed by atoms with van der Waals surface area (Å²) >= 11 is 2.45. The topological polar surface area (TPSA) is 101 Å². The second kappa shape index (κ2) is 5.63. The second-order valence-electron chi connectivity index (χ2n) is 3.58. The van der Waals surface area contributed by atoms with Crippen LogP contribution in [0.3, 0.4) is 0 Å². The fourth-order valence-electron chi connectivity index (χ4n) is 1.21. The van der Waals surface area contributed by atoms with Crippen molar-refractivity contribution >= 4 is 48.9 Å². The zero-order valence-electron chi connectivity index (χ0n) is 9.78. The van der Waals surface area contributed by atoms with Crippen molar-refractivity contribution in [2.75, 3.05) is 16.3 Å². The van der Waals surface area contributed by atoms with Crippen LogP contribution in [0.4, 0.5) is 10.3 Å². The molecule has 0 atom stereocenters. The first-order chi connectivity index (χ1) is 8.92. The Labute approximate surface area is 117 Å². The number of sulfonamides is 1. The SMILES string of the molecule is CS(=O)(=O)Nc1nc(CC(=O)Nc2nccs2)cs1. The van der Waals surface area contributed by atoms with Crippen LogP contribution in [0.1, 0.15) is 5.69 Å². The predicted octanol–water partition coefficient (Wildman–Crippen LogP) is 1.15. The highest BCUT2D eigenvalue weighted by molar-refractivity contribution is 7.92. The lowest BCUT2D eigenvalue weighted by molar-refractivity contribution is -0.115. The predicted molar refractivity (Wildman–Crippen MR) is 75.0 cm³/mol. The van der Waals surface area contributed by atoms with E-state index < -0.39 is 10.0 Å². The Morgan fingerprint density at radius 2 is 2.16 bits per heavy atom. The van der Waals surface area contributed by atoms with E-state index in [4.69, 9.17) is 0 Å². The standard InChI is InChI=1S/C9H10N4O3S3/c1-19(15,16)13-9-11-6(5-18-9)4-7(14)12-8-10-2-3-17-8/h2-3,5H,4H2,1H3,(H,11,13)(H,10,12,14). The third-order valence-electron chi connectivity index (χ3n) is 1.84. The number of nitrogens with zero attached hydrogens (tertiary/aromatic N) is 2. The normalized spacial score (nSPS) is 11.2. The summed E-state index contributed by atoms with van der Waals surface area (Å²) in [4.78, 5) is 19.6. The van der Waals surface area contributed by atoms with Crippen LogP contribution in [0.5, 0.6) is 0 Å². The summed E-state index contributed by atoms with van der Waals surface area (Å²) in [7, 11) is -3.34. The lowest BCUT2D eigenvalue weighted by Gasteiger charge is -1.99. The number of anilines is 2. The van der Waals surface area contributed by atoms with Gasteiger partial charge in [0.25, 0.3) is 0 Å². The van der Waals surface area contributed by atoms with Crippen molar-refractivity contribution in [1.82, 2.24) is 9.97 Å². The van der Waals surface area contributed by atoms with Gasteiger partial charge in [-0.1, -0.05) is 0 Å². The molecule has 2 N–H and O–H groups in total. The fourth-order valence-corrected chi connectivity index (χ4v) is 3.31. The minimum absolute atomic E-state index is 0.0710. The maximum atomic E-state index is 11.7. The van der Waals surface area contributed by atoms with Crippen LogP contribution < -0.4 is 10.0 Å². The van der Waals surface area contributed by atoms with Gasteiger partial charge in [0.1, 0.15) is 0 Å². The molecule has 2 heterocycles. The molecule has 0 aliphatic rings. The minimum Gasteiger partial charge on any atom is -0.302 e. The molecule has 0 bridgehead atoms. The van der Waals surface area contributed by atoms with Gasteiger partial charge in [0.05, 0.1) is 18.4 Å². The lowest BCUT2D eigenvalue weighted by atomic mass is 10.3. The Morgan fingerprint density at radius 3 is 2.79 bits per heavy atom. The monoisotopic (exact) mass is 318 g/mol. The molecule has 0 fully saturated rings. The minimum atomic E-state index is -3.34. The van der Waals surface area contributed by atoms with Crippen molar-refractivity contribution in [3.8, 4) is 0 Å². The number of thiazole rings is 2. The largest absolute Gasteiger partial charge is 0.302 e. The smallest absolute Gasteiger partial charge is 0.232 e. The molecule has 102 valence electrons. The molecule has 0 aliphatic carbocycles. The van der Waals surface area contributed by atoms with E-state index >= 15 is 0 Å². The van der Waals surface area contributed by atoms with E-state index in [2.05, 4.69) is 20.0 Å². The molecule has 2 aromatic rings. The first-order valence-corrected chi connectivity index (χ1v) is 8.69. The van der Waals surface area contributed by atoms with Gasteiger partial charge in [0, 0.05) is 17.0 Å². The summed E-state index contributed by atoms with van der Waals surface area (Å²) in [6.45, 7) is 0. The summed E-state index contributed by atoms with van der Waals surface area (Å²) in [5, 5.41) is 6.79. The van der Waals surface area contributed by atoms with Gasteiger partial charge in [-0.3, -0.25) is 9.52 Å². The highest BCUT2D eigenvalue weighted by atomic mass is 32.2. The average Bonchev–Trinajstić information content (AvgIpc) is 2.88. The fraction of sp³-hybridized carbons (Fsp3) is 0.222. The zero-order chi connectivity index (χ0) is 13.9. The number of carbonyl (C=O) groups excluding carboxylic acids is 1. The molecule has 0 saturated carbocycles. The number of amides is 1. The molecule has 0 unspecified atom stereocenters. The summed E-state index contributed by atoms with van der Waals surface area (Å²) in [6, 6.07) is 0. The second-order valence-corrected chi connectivity index (χ2v) is 7.08. The summed E-state index contributed by atoms with van der Waals surface area (Å²) in [5.41, 5.74) is 0.505. The van der Waals surface area contributed by atoms with E-state index in [0.29, 0.717) is 10.8 Å². The highest BCUT2D eigenvalue weighted by Crippen LogP contribution is 2.17. The van der Waals surface area contributed by atoms with Gasteiger partial charge in [-0.2, -0.15) is 0 Å². The summed E-state index contributed by atoms with van der Waals surface area (Å²) in [6.07, 6.45) is 2.71. The van der Waals surface area contributed by atoms with Crippen molar-refractivity contribution in [3.05, 3.63) is 22.7 Å². The maximum Gasteiger partial charge on any atom is 0.232 e. The van der Waals surface area contributed by atoms with Crippen LogP contribution >= 0.6 is 22.7 Å². The van der Waals surface area contributed by atoms with Crippen molar-refractivity contribution in [2.24, 2.45) is 0 Å². The van der Waals surface area contributed by atoms with Crippen molar-refractivity contribution in [2.45, 2.75) is 6.42 Å². The number of nitrogens with one attached hydrogen (secondary N) is 2. The van der Waals surface area contributed by atoms with Gasteiger partial charge in [-0.25, -0.2) is 18.4 Å². The average molecular weight is 318 g/mol. The molecule has 0 aromatic carbocycles. The van der Waals surface area contributed by atoms with E-state index in [1.54, 1.807) is 17.0 Å². The zero-order valence-corrected chi connectivity index (χ0v) is 12.2. The van der Waals surface area contributed by atoms with Gasteiger partial charge in [-0.05, 0) is 0 Å². The molecule has 0 radical (unpaired) electrons. The van der Waals surface area contributed by atoms with Gasteiger partial charge < -0.3 is 5.32 Å². The van der Waals surface area contributed by atoms with Crippen molar-refractivity contribution in [1.29, 1.82) is 0 Å². The molecule has 7 nitrogen and oxygen atoms in total. The van der Waals surface area contributed by atoms with Crippen molar-refractivity contribution in [3.63, 3.8) is 0 Å². The van der Waals surface area contributed by atoms with Crippen LogP contribution in [-0.2, 0) is 21.2 Å². The number of rotatable bonds is 5. The molecule has 10 heteroatoms. The lowest BCUT2D eigenvalue weighted by Crippen LogP contribution is -2.14. The molecule has 19 heavy (non-hydrogen) atoms. The Morgan fingerprint density at radius 1 is 1.37 bits per heavy atom. The number of carbonyl (C=O) groups is 1. The third-order valence-corrected chi connectivity index (χ3v) is 4.03. The Balaban J connectivity index is 1.94. The Kier molecular flexibility index (Phi) is 4.12. The van der Waals surface area contributed by atoms with E-state index in [0.717, 1.165) is 17.6 Å². The first-order valence-electron chi connectivity index (χ1n) is 5.04. The molecule has 2 aromatic heterocycles. The van der Waals surface area contributed by atoms with Crippen LogP contribution in [0.2, 0.25) is 0 Å². The van der Waals surface area contributed by atoms with Gasteiger partial charge in [0.2, 0.25) is 15.9 Å². The van der Waals surface area contributed by atoms with Crippen LogP contribution in [-0.4, -0.2) is 30.5 Å². The van der Waals surface area contributed by atoms with Gasteiger partial charge in [-0.15, -0.1) is 22.7 Å². The van der Waals surface area contributed by atoms with Crippen LogP contribution in [0.25, 0.3) is 0 Å². The quantitative estimate of drug-likeness (QED) is 0.861. The number of hydrogen-bond acceptors (Lipinski definition) is 7. The molecule has 0 aliphatic heterocycles.